The van der Waals surface area contributed by atoms with Gasteiger partial charge in [-0.05, 0) is 6.92 Å². The maximum Gasteiger partial charge on any atom is 0.321 e. The maximum atomic E-state index is 11.4. The first kappa shape index (κ1) is 17.0. The summed E-state index contributed by atoms with van der Waals surface area (Å²) in [5.41, 5.74) is 2.07. The number of carbonyl (C=O) groups excluding carboxylic acids is 2. The van der Waals surface area contributed by atoms with Crippen molar-refractivity contribution in [2.24, 2.45) is 0 Å². The molecular weight excluding hydrogens is 316 g/mol. The average Bonchev–Trinajstić information content (AvgIpc) is 3.01. The van der Waals surface area contributed by atoms with E-state index in [4.69, 9.17) is 4.52 Å². The third kappa shape index (κ3) is 5.41. The number of carbonyl (C=O) groups is 2. The Labute approximate surface area is 138 Å². The van der Waals surface area contributed by atoms with Crippen LogP contribution in [0.3, 0.4) is 0 Å². The molecular formula is C15H18N4O3S. The molecule has 8 heteroatoms. The van der Waals surface area contributed by atoms with E-state index in [-0.39, 0.29) is 12.3 Å². The molecule has 0 fully saturated rings. The number of nitrogens with zero attached hydrogens (tertiary/aromatic N) is 2. The van der Waals surface area contributed by atoms with Crippen LogP contribution >= 0.6 is 11.8 Å². The average molecular weight is 334 g/mol. The summed E-state index contributed by atoms with van der Waals surface area (Å²) in [5, 5.41) is 8.48. The topological polar surface area (TPSA) is 97.1 Å². The van der Waals surface area contributed by atoms with Crippen molar-refractivity contribution in [3.63, 3.8) is 0 Å². The van der Waals surface area contributed by atoms with E-state index in [2.05, 4.69) is 20.8 Å². The lowest BCUT2D eigenvalue weighted by Crippen LogP contribution is -2.37. The third-order valence-corrected chi connectivity index (χ3v) is 3.90. The van der Waals surface area contributed by atoms with E-state index in [1.165, 1.54) is 24.4 Å². The van der Waals surface area contributed by atoms with Crippen LogP contribution in [0.5, 0.6) is 0 Å². The third-order valence-electron chi connectivity index (χ3n) is 2.96. The number of amides is 3. The molecule has 3 amide bonds. The zero-order valence-corrected chi connectivity index (χ0v) is 13.8. The van der Waals surface area contributed by atoms with Gasteiger partial charge in [-0.15, -0.1) is 0 Å². The summed E-state index contributed by atoms with van der Waals surface area (Å²) in [6.45, 7) is 2.02. The molecule has 0 aliphatic rings. The van der Waals surface area contributed by atoms with Gasteiger partial charge in [-0.25, -0.2) is 4.79 Å². The van der Waals surface area contributed by atoms with Crippen LogP contribution in [-0.4, -0.2) is 34.9 Å². The van der Waals surface area contributed by atoms with Gasteiger partial charge in [0.1, 0.15) is 0 Å². The van der Waals surface area contributed by atoms with Gasteiger partial charge in [-0.1, -0.05) is 35.0 Å². The molecule has 2 rings (SSSR count). The molecule has 1 aromatic heterocycles. The van der Waals surface area contributed by atoms with Crippen LogP contribution in [0, 0.1) is 6.92 Å². The van der Waals surface area contributed by atoms with Gasteiger partial charge in [-0.3, -0.25) is 10.1 Å². The minimum Gasteiger partial charge on any atom is -0.341 e. The van der Waals surface area contributed by atoms with E-state index in [9.17, 15) is 9.59 Å². The summed E-state index contributed by atoms with van der Waals surface area (Å²) in [6, 6.07) is 7.37. The number of benzene rings is 1. The molecule has 0 bridgehead atoms. The molecule has 2 aromatic rings. The van der Waals surface area contributed by atoms with E-state index < -0.39 is 6.03 Å². The van der Waals surface area contributed by atoms with Crippen LogP contribution in [-0.2, 0) is 10.5 Å². The number of thioether (sulfide) groups is 1. The molecule has 0 saturated heterocycles. The number of rotatable bonds is 6. The summed E-state index contributed by atoms with van der Waals surface area (Å²) in [7, 11) is 1.46. The molecule has 0 saturated carbocycles. The molecule has 1 aromatic carbocycles. The standard InChI is InChI=1S/C15H18N4O3S/c1-10-3-5-11(6-4-10)14-18-13(22-19-14)9-23-8-7-12(20)17-15(21)16-2/h3-6H,7-9H2,1-2H3,(H2,16,17,20,21). The minimum atomic E-state index is -0.500. The first-order valence-corrected chi connectivity index (χ1v) is 8.23. The fourth-order valence-electron chi connectivity index (χ4n) is 1.71. The van der Waals surface area contributed by atoms with E-state index >= 15 is 0 Å². The fourth-order valence-corrected chi connectivity index (χ4v) is 2.48. The normalized spacial score (nSPS) is 10.3. The quantitative estimate of drug-likeness (QED) is 0.786. The van der Waals surface area contributed by atoms with Gasteiger partial charge < -0.3 is 9.84 Å². The van der Waals surface area contributed by atoms with Crippen LogP contribution in [0.15, 0.2) is 28.8 Å². The van der Waals surface area contributed by atoms with Crippen molar-refractivity contribution < 1.29 is 14.1 Å². The van der Waals surface area contributed by atoms with Gasteiger partial charge in [0.05, 0.1) is 5.75 Å². The Balaban J connectivity index is 1.76. The van der Waals surface area contributed by atoms with Gasteiger partial charge in [0, 0.05) is 24.8 Å². The summed E-state index contributed by atoms with van der Waals surface area (Å²) in [6.07, 6.45) is 0.247. The number of hydrogen-bond acceptors (Lipinski definition) is 6. The Morgan fingerprint density at radius 2 is 2.00 bits per heavy atom. The molecule has 23 heavy (non-hydrogen) atoms. The summed E-state index contributed by atoms with van der Waals surface area (Å²) < 4.78 is 5.19. The second kappa shape index (κ2) is 8.33. The number of aromatic nitrogens is 2. The highest BCUT2D eigenvalue weighted by Gasteiger charge is 2.09. The molecule has 0 spiro atoms. The molecule has 0 radical (unpaired) electrons. The Kier molecular flexibility index (Phi) is 6.16. The Morgan fingerprint density at radius 3 is 2.70 bits per heavy atom. The van der Waals surface area contributed by atoms with E-state index in [1.807, 2.05) is 31.2 Å². The van der Waals surface area contributed by atoms with Crippen molar-refractivity contribution >= 4 is 23.7 Å². The molecule has 7 nitrogen and oxygen atoms in total. The van der Waals surface area contributed by atoms with E-state index in [0.717, 1.165) is 5.56 Å². The Bertz CT molecular complexity index is 670. The van der Waals surface area contributed by atoms with Crippen LogP contribution in [0.2, 0.25) is 0 Å². The minimum absolute atomic E-state index is 0.247. The molecule has 0 aliphatic carbocycles. The molecule has 0 atom stereocenters. The van der Waals surface area contributed by atoms with Crippen molar-refractivity contribution in [3.05, 3.63) is 35.7 Å². The number of hydrogen-bond donors (Lipinski definition) is 2. The van der Waals surface area contributed by atoms with Crippen LogP contribution in [0.4, 0.5) is 4.79 Å². The van der Waals surface area contributed by atoms with Crippen LogP contribution in [0.1, 0.15) is 17.9 Å². The predicted molar refractivity (Wildman–Crippen MR) is 87.8 cm³/mol. The van der Waals surface area contributed by atoms with Crippen molar-refractivity contribution in [3.8, 4) is 11.4 Å². The van der Waals surface area contributed by atoms with Crippen LogP contribution < -0.4 is 10.6 Å². The molecule has 2 N–H and O–H groups in total. The van der Waals surface area contributed by atoms with Crippen molar-refractivity contribution in [1.29, 1.82) is 0 Å². The van der Waals surface area contributed by atoms with Crippen molar-refractivity contribution in [2.75, 3.05) is 12.8 Å². The highest BCUT2D eigenvalue weighted by Crippen LogP contribution is 2.18. The SMILES string of the molecule is CNC(=O)NC(=O)CCSCc1nc(-c2ccc(C)cc2)no1. The number of aryl methyl sites for hydroxylation is 1. The molecule has 0 aliphatic heterocycles. The predicted octanol–water partition coefficient (Wildman–Crippen LogP) is 2.12. The maximum absolute atomic E-state index is 11.4. The largest absolute Gasteiger partial charge is 0.341 e. The second-order valence-corrected chi connectivity index (χ2v) is 5.91. The smallest absolute Gasteiger partial charge is 0.321 e. The van der Waals surface area contributed by atoms with Crippen LogP contribution in [0.25, 0.3) is 11.4 Å². The zero-order chi connectivity index (χ0) is 16.7. The summed E-state index contributed by atoms with van der Waals surface area (Å²) in [4.78, 5) is 26.7. The summed E-state index contributed by atoms with van der Waals surface area (Å²) in [5.74, 6) is 1.83. The van der Waals surface area contributed by atoms with E-state index in [1.54, 1.807) is 0 Å². The van der Waals surface area contributed by atoms with E-state index in [0.29, 0.717) is 23.2 Å². The Hall–Kier alpha value is -2.35. The summed E-state index contributed by atoms with van der Waals surface area (Å²) >= 11 is 1.49. The first-order valence-electron chi connectivity index (χ1n) is 7.07. The lowest BCUT2D eigenvalue weighted by Gasteiger charge is -2.02. The zero-order valence-electron chi connectivity index (χ0n) is 13.0. The van der Waals surface area contributed by atoms with Crippen molar-refractivity contribution in [1.82, 2.24) is 20.8 Å². The molecule has 1 heterocycles. The lowest BCUT2D eigenvalue weighted by atomic mass is 10.1. The number of nitrogens with one attached hydrogen (secondary N) is 2. The van der Waals surface area contributed by atoms with Crippen molar-refractivity contribution in [2.45, 2.75) is 19.1 Å². The van der Waals surface area contributed by atoms with Gasteiger partial charge >= 0.3 is 6.03 Å². The lowest BCUT2D eigenvalue weighted by molar-refractivity contribution is -0.119. The van der Waals surface area contributed by atoms with Gasteiger partial charge in [0.2, 0.25) is 17.6 Å². The molecule has 122 valence electrons. The number of imide groups is 1. The second-order valence-electron chi connectivity index (χ2n) is 4.81. The fraction of sp³-hybridized carbons (Fsp3) is 0.333. The number of urea groups is 1. The van der Waals surface area contributed by atoms with Gasteiger partial charge in [-0.2, -0.15) is 16.7 Å². The first-order chi connectivity index (χ1) is 11.1. The highest BCUT2D eigenvalue weighted by molar-refractivity contribution is 7.98. The Morgan fingerprint density at radius 1 is 1.26 bits per heavy atom. The monoisotopic (exact) mass is 334 g/mol. The molecule has 0 unspecified atom stereocenters. The highest BCUT2D eigenvalue weighted by atomic mass is 32.2. The van der Waals surface area contributed by atoms with Gasteiger partial charge in [0.15, 0.2) is 0 Å². The van der Waals surface area contributed by atoms with Gasteiger partial charge in [0.25, 0.3) is 0 Å².